The van der Waals surface area contributed by atoms with Crippen LogP contribution in [-0.4, -0.2) is 9.78 Å². The van der Waals surface area contributed by atoms with Crippen molar-refractivity contribution in [2.75, 3.05) is 5.32 Å². The van der Waals surface area contributed by atoms with Crippen molar-refractivity contribution < 1.29 is 0 Å². The minimum atomic E-state index is 0.662. The first-order valence-electron chi connectivity index (χ1n) is 5.00. The van der Waals surface area contributed by atoms with Crippen LogP contribution in [0.3, 0.4) is 0 Å². The number of aromatic nitrogens is 2. The van der Waals surface area contributed by atoms with E-state index >= 15 is 0 Å². The van der Waals surface area contributed by atoms with Crippen molar-refractivity contribution in [3.05, 3.63) is 47.8 Å². The van der Waals surface area contributed by atoms with Gasteiger partial charge in [0.25, 0.3) is 0 Å². The first-order chi connectivity index (χ1) is 7.79. The number of hydrogen-bond donors (Lipinski definition) is 1. The summed E-state index contributed by atoms with van der Waals surface area (Å²) in [4.78, 5) is 0. The molecule has 0 saturated carbocycles. The molecule has 0 aliphatic rings. The van der Waals surface area contributed by atoms with E-state index in [1.807, 2.05) is 36.0 Å². The van der Waals surface area contributed by atoms with Crippen LogP contribution in [0.1, 0.15) is 11.3 Å². The number of rotatable bonds is 3. The molecule has 0 atom stereocenters. The second kappa shape index (κ2) is 4.49. The van der Waals surface area contributed by atoms with E-state index in [1.165, 1.54) is 0 Å². The third-order valence-corrected chi connectivity index (χ3v) is 2.39. The maximum Gasteiger partial charge on any atom is 0.0992 e. The van der Waals surface area contributed by atoms with Gasteiger partial charge < -0.3 is 5.32 Å². The summed E-state index contributed by atoms with van der Waals surface area (Å²) >= 11 is 0. The van der Waals surface area contributed by atoms with Crippen LogP contribution in [-0.2, 0) is 13.6 Å². The zero-order valence-corrected chi connectivity index (χ0v) is 9.01. The predicted octanol–water partition coefficient (Wildman–Crippen LogP) is 1.90. The molecule has 0 fully saturated rings. The number of hydrogen-bond acceptors (Lipinski definition) is 3. The Balaban J connectivity index is 2.05. The monoisotopic (exact) mass is 212 g/mol. The third-order valence-electron chi connectivity index (χ3n) is 2.39. The first-order valence-corrected chi connectivity index (χ1v) is 5.00. The van der Waals surface area contributed by atoms with Crippen molar-refractivity contribution in [3.8, 4) is 6.07 Å². The highest BCUT2D eigenvalue weighted by atomic mass is 15.3. The van der Waals surface area contributed by atoms with Gasteiger partial charge in [-0.15, -0.1) is 0 Å². The van der Waals surface area contributed by atoms with E-state index in [4.69, 9.17) is 5.26 Å². The van der Waals surface area contributed by atoms with Crippen LogP contribution >= 0.6 is 0 Å². The highest BCUT2D eigenvalue weighted by Crippen LogP contribution is 2.11. The number of nitrogens with zero attached hydrogens (tertiary/aromatic N) is 3. The van der Waals surface area contributed by atoms with E-state index in [9.17, 15) is 0 Å². The minimum absolute atomic E-state index is 0.662. The van der Waals surface area contributed by atoms with Gasteiger partial charge >= 0.3 is 0 Å². The Morgan fingerprint density at radius 3 is 3.00 bits per heavy atom. The standard InChI is InChI=1S/C12H12N4/c1-16-12(5-6-15-16)9-14-11-4-2-3-10(7-11)8-13/h2-7,14H,9H2,1H3. The van der Waals surface area contributed by atoms with Gasteiger partial charge in [0.2, 0.25) is 0 Å². The predicted molar refractivity (Wildman–Crippen MR) is 61.7 cm³/mol. The summed E-state index contributed by atoms with van der Waals surface area (Å²) in [5, 5.41) is 16.1. The average Bonchev–Trinajstić information content (AvgIpc) is 2.72. The Morgan fingerprint density at radius 1 is 1.44 bits per heavy atom. The molecule has 4 nitrogen and oxygen atoms in total. The third kappa shape index (κ3) is 2.20. The first kappa shape index (κ1) is 10.2. The molecular weight excluding hydrogens is 200 g/mol. The smallest absolute Gasteiger partial charge is 0.0992 e. The zero-order chi connectivity index (χ0) is 11.4. The van der Waals surface area contributed by atoms with Gasteiger partial charge in [0, 0.05) is 18.9 Å². The molecule has 0 bridgehead atoms. The molecule has 2 aromatic rings. The summed E-state index contributed by atoms with van der Waals surface area (Å²) in [7, 11) is 1.91. The molecule has 1 aromatic heterocycles. The lowest BCUT2D eigenvalue weighted by atomic mass is 10.2. The average molecular weight is 212 g/mol. The van der Waals surface area contributed by atoms with Crippen LogP contribution in [0.4, 0.5) is 5.69 Å². The Labute approximate surface area is 94.1 Å². The minimum Gasteiger partial charge on any atom is -0.379 e. The Kier molecular flexibility index (Phi) is 2.88. The van der Waals surface area contributed by atoms with Crippen LogP contribution in [0.25, 0.3) is 0 Å². The highest BCUT2D eigenvalue weighted by molar-refractivity contribution is 5.49. The number of benzene rings is 1. The molecule has 80 valence electrons. The Hall–Kier alpha value is -2.28. The van der Waals surface area contributed by atoms with Gasteiger partial charge in [0.05, 0.1) is 23.9 Å². The Bertz CT molecular complexity index is 522. The van der Waals surface area contributed by atoms with E-state index in [0.29, 0.717) is 12.1 Å². The van der Waals surface area contributed by atoms with Crippen molar-refractivity contribution in [2.45, 2.75) is 6.54 Å². The fraction of sp³-hybridized carbons (Fsp3) is 0.167. The molecule has 0 amide bonds. The maximum absolute atomic E-state index is 8.77. The number of nitrogens with one attached hydrogen (secondary N) is 1. The summed E-state index contributed by atoms with van der Waals surface area (Å²) in [6.45, 7) is 0.700. The maximum atomic E-state index is 8.77. The van der Waals surface area contributed by atoms with E-state index < -0.39 is 0 Å². The van der Waals surface area contributed by atoms with Crippen molar-refractivity contribution in [1.29, 1.82) is 5.26 Å². The second-order valence-corrected chi connectivity index (χ2v) is 3.49. The van der Waals surface area contributed by atoms with Crippen LogP contribution in [0, 0.1) is 11.3 Å². The highest BCUT2D eigenvalue weighted by Gasteiger charge is 1.98. The van der Waals surface area contributed by atoms with Gasteiger partial charge in [-0.05, 0) is 24.3 Å². The van der Waals surface area contributed by atoms with Crippen molar-refractivity contribution >= 4 is 5.69 Å². The summed E-state index contributed by atoms with van der Waals surface area (Å²) < 4.78 is 1.82. The molecule has 4 heteroatoms. The van der Waals surface area contributed by atoms with Crippen molar-refractivity contribution in [3.63, 3.8) is 0 Å². The topological polar surface area (TPSA) is 53.6 Å². The number of nitriles is 1. The largest absolute Gasteiger partial charge is 0.379 e. The number of aryl methyl sites for hydroxylation is 1. The van der Waals surface area contributed by atoms with E-state index in [-0.39, 0.29) is 0 Å². The molecule has 1 N–H and O–H groups in total. The Morgan fingerprint density at radius 2 is 2.31 bits per heavy atom. The number of anilines is 1. The zero-order valence-electron chi connectivity index (χ0n) is 9.01. The summed E-state index contributed by atoms with van der Waals surface area (Å²) in [5.41, 5.74) is 2.71. The van der Waals surface area contributed by atoms with E-state index in [0.717, 1.165) is 11.4 Å². The molecule has 0 aliphatic heterocycles. The van der Waals surface area contributed by atoms with Crippen LogP contribution in [0.2, 0.25) is 0 Å². The lowest BCUT2D eigenvalue weighted by Crippen LogP contribution is -2.05. The SMILES string of the molecule is Cn1nccc1CNc1cccc(C#N)c1. The van der Waals surface area contributed by atoms with Crippen LogP contribution in [0.5, 0.6) is 0 Å². The molecular formula is C12H12N4. The van der Waals surface area contributed by atoms with Crippen LogP contribution < -0.4 is 5.32 Å². The van der Waals surface area contributed by atoms with E-state index in [1.54, 1.807) is 12.3 Å². The second-order valence-electron chi connectivity index (χ2n) is 3.49. The quantitative estimate of drug-likeness (QED) is 0.845. The molecule has 1 aromatic carbocycles. The van der Waals surface area contributed by atoms with E-state index in [2.05, 4.69) is 16.5 Å². The molecule has 0 aliphatic carbocycles. The van der Waals surface area contributed by atoms with Crippen LogP contribution in [0.15, 0.2) is 36.5 Å². The fourth-order valence-corrected chi connectivity index (χ4v) is 1.47. The lowest BCUT2D eigenvalue weighted by molar-refractivity contribution is 0.720. The normalized spacial score (nSPS) is 9.75. The van der Waals surface area contributed by atoms with Gasteiger partial charge in [-0.1, -0.05) is 6.07 Å². The summed E-state index contributed by atoms with van der Waals surface area (Å²) in [6, 6.07) is 11.5. The van der Waals surface area contributed by atoms with Crippen molar-refractivity contribution in [1.82, 2.24) is 9.78 Å². The van der Waals surface area contributed by atoms with Gasteiger partial charge in [0.1, 0.15) is 0 Å². The molecule has 2 rings (SSSR count). The molecule has 0 spiro atoms. The molecule has 1 heterocycles. The van der Waals surface area contributed by atoms with Gasteiger partial charge in [-0.25, -0.2) is 0 Å². The molecule has 0 unspecified atom stereocenters. The summed E-state index contributed by atoms with van der Waals surface area (Å²) in [5.74, 6) is 0. The summed E-state index contributed by atoms with van der Waals surface area (Å²) in [6.07, 6.45) is 1.77. The lowest BCUT2D eigenvalue weighted by Gasteiger charge is -2.06. The van der Waals surface area contributed by atoms with Crippen molar-refractivity contribution in [2.24, 2.45) is 7.05 Å². The molecule has 0 saturated heterocycles. The fourth-order valence-electron chi connectivity index (χ4n) is 1.47. The molecule has 0 radical (unpaired) electrons. The van der Waals surface area contributed by atoms with Gasteiger partial charge in [-0.3, -0.25) is 4.68 Å². The van der Waals surface area contributed by atoms with Gasteiger partial charge in [-0.2, -0.15) is 10.4 Å². The van der Waals surface area contributed by atoms with Gasteiger partial charge in [0.15, 0.2) is 0 Å². The molecule has 16 heavy (non-hydrogen) atoms.